The van der Waals surface area contributed by atoms with Gasteiger partial charge in [-0.15, -0.1) is 0 Å². The number of carbonyl (C=O) groups is 1. The van der Waals surface area contributed by atoms with Gasteiger partial charge in [-0.1, -0.05) is 17.7 Å². The van der Waals surface area contributed by atoms with Crippen molar-refractivity contribution in [1.82, 2.24) is 0 Å². The second kappa shape index (κ2) is 6.69. The minimum Gasteiger partial charge on any atom is -0.312 e. The Morgan fingerprint density at radius 3 is 2.36 bits per heavy atom. The molecule has 0 atom stereocenters. The third kappa shape index (κ3) is 3.65. The van der Waals surface area contributed by atoms with Crippen molar-refractivity contribution in [3.8, 4) is 0 Å². The minimum atomic E-state index is -3.76. The van der Waals surface area contributed by atoms with Crippen LogP contribution in [0.3, 0.4) is 0 Å². The number of benzene rings is 2. The molecule has 5 nitrogen and oxygen atoms in total. The number of amides is 1. The van der Waals surface area contributed by atoms with Gasteiger partial charge in [0, 0.05) is 18.7 Å². The van der Waals surface area contributed by atoms with E-state index in [0.29, 0.717) is 29.4 Å². The summed E-state index contributed by atoms with van der Waals surface area (Å²) >= 11 is 6.18. The van der Waals surface area contributed by atoms with E-state index in [1.54, 1.807) is 30.0 Å². The molecule has 1 heterocycles. The number of halogens is 1. The van der Waals surface area contributed by atoms with Crippen molar-refractivity contribution in [3.63, 3.8) is 0 Å². The van der Waals surface area contributed by atoms with Crippen LogP contribution >= 0.6 is 11.6 Å². The highest BCUT2D eigenvalue weighted by Crippen LogP contribution is 2.30. The Hall–Kier alpha value is -2.05. The summed E-state index contributed by atoms with van der Waals surface area (Å²) in [6.07, 6.45) is 1.36. The van der Waals surface area contributed by atoms with Crippen LogP contribution in [0.5, 0.6) is 0 Å². The zero-order valence-corrected chi connectivity index (χ0v) is 15.6. The van der Waals surface area contributed by atoms with Gasteiger partial charge in [-0.25, -0.2) is 8.42 Å². The number of anilines is 2. The van der Waals surface area contributed by atoms with E-state index in [4.69, 9.17) is 11.6 Å². The Kier molecular flexibility index (Phi) is 4.75. The number of rotatable bonds is 4. The standard InChI is InChI=1S/C18H19ClN2O3S/c1-12-10-13(2)18(16(19)11-12)20-25(23,24)15-7-5-14(6-8-15)21-9-3-4-17(21)22/h5-8,10-11,20H,3-4,9H2,1-2H3. The van der Waals surface area contributed by atoms with Crippen LogP contribution < -0.4 is 9.62 Å². The zero-order chi connectivity index (χ0) is 18.2. The predicted molar refractivity (Wildman–Crippen MR) is 99.8 cm³/mol. The smallest absolute Gasteiger partial charge is 0.261 e. The summed E-state index contributed by atoms with van der Waals surface area (Å²) in [6.45, 7) is 4.37. The van der Waals surface area contributed by atoms with Gasteiger partial charge in [0.25, 0.3) is 10.0 Å². The molecule has 1 amide bonds. The summed E-state index contributed by atoms with van der Waals surface area (Å²) in [7, 11) is -3.76. The Balaban J connectivity index is 1.87. The molecule has 2 aromatic carbocycles. The SMILES string of the molecule is Cc1cc(C)c(NS(=O)(=O)c2ccc(N3CCCC3=O)cc2)c(Cl)c1. The van der Waals surface area contributed by atoms with Gasteiger partial charge in [0.1, 0.15) is 0 Å². The highest BCUT2D eigenvalue weighted by atomic mass is 35.5. The van der Waals surface area contributed by atoms with Crippen molar-refractivity contribution >= 4 is 38.9 Å². The minimum absolute atomic E-state index is 0.0656. The number of carbonyl (C=O) groups excluding carboxylic acids is 1. The lowest BCUT2D eigenvalue weighted by Crippen LogP contribution is -2.23. The maximum absolute atomic E-state index is 12.6. The van der Waals surface area contributed by atoms with Gasteiger partial charge in [-0.3, -0.25) is 9.52 Å². The van der Waals surface area contributed by atoms with Crippen molar-refractivity contribution in [2.75, 3.05) is 16.2 Å². The molecular weight excluding hydrogens is 360 g/mol. The zero-order valence-electron chi connectivity index (χ0n) is 14.0. The predicted octanol–water partition coefficient (Wildman–Crippen LogP) is 3.88. The van der Waals surface area contributed by atoms with E-state index in [-0.39, 0.29) is 10.8 Å². The first-order valence-electron chi connectivity index (χ1n) is 7.98. The van der Waals surface area contributed by atoms with Crippen LogP contribution in [0.4, 0.5) is 11.4 Å². The van der Waals surface area contributed by atoms with Crippen molar-refractivity contribution in [2.24, 2.45) is 0 Å². The van der Waals surface area contributed by atoms with Crippen LogP contribution in [-0.4, -0.2) is 20.9 Å². The third-order valence-corrected chi connectivity index (χ3v) is 5.86. The molecule has 7 heteroatoms. The van der Waals surface area contributed by atoms with E-state index in [1.165, 1.54) is 12.1 Å². The van der Waals surface area contributed by atoms with E-state index in [1.807, 2.05) is 13.0 Å². The lowest BCUT2D eigenvalue weighted by atomic mass is 10.1. The van der Waals surface area contributed by atoms with Gasteiger partial charge in [-0.2, -0.15) is 0 Å². The van der Waals surface area contributed by atoms with Gasteiger partial charge in [-0.05, 0) is 61.7 Å². The molecule has 1 saturated heterocycles. The van der Waals surface area contributed by atoms with E-state index in [0.717, 1.165) is 17.5 Å². The third-order valence-electron chi connectivity index (χ3n) is 4.20. The lowest BCUT2D eigenvalue weighted by Gasteiger charge is -2.17. The molecular formula is C18H19ClN2O3S. The number of aryl methyl sites for hydroxylation is 2. The average molecular weight is 379 g/mol. The quantitative estimate of drug-likeness (QED) is 0.877. The Morgan fingerprint density at radius 2 is 1.80 bits per heavy atom. The van der Waals surface area contributed by atoms with Crippen LogP contribution in [0.1, 0.15) is 24.0 Å². The molecule has 0 bridgehead atoms. The van der Waals surface area contributed by atoms with Gasteiger partial charge in [0.2, 0.25) is 5.91 Å². The molecule has 0 spiro atoms. The second-order valence-corrected chi connectivity index (χ2v) is 8.28. The molecule has 132 valence electrons. The van der Waals surface area contributed by atoms with E-state index >= 15 is 0 Å². The molecule has 0 aliphatic carbocycles. The van der Waals surface area contributed by atoms with Gasteiger partial charge < -0.3 is 4.90 Å². The summed E-state index contributed by atoms with van der Waals surface area (Å²) in [5, 5.41) is 0.361. The normalized spacial score (nSPS) is 14.8. The number of nitrogens with one attached hydrogen (secondary N) is 1. The number of hydrogen-bond donors (Lipinski definition) is 1. The Labute approximate surface area is 152 Å². The Morgan fingerprint density at radius 1 is 1.12 bits per heavy atom. The van der Waals surface area contributed by atoms with Gasteiger partial charge >= 0.3 is 0 Å². The lowest BCUT2D eigenvalue weighted by molar-refractivity contribution is -0.117. The summed E-state index contributed by atoms with van der Waals surface area (Å²) in [5.74, 6) is 0.0656. The van der Waals surface area contributed by atoms with Crippen molar-refractivity contribution in [1.29, 1.82) is 0 Å². The summed E-state index contributed by atoms with van der Waals surface area (Å²) in [5.41, 5.74) is 2.81. The highest BCUT2D eigenvalue weighted by Gasteiger charge is 2.23. The fourth-order valence-corrected chi connectivity index (χ4v) is 4.54. The largest absolute Gasteiger partial charge is 0.312 e. The van der Waals surface area contributed by atoms with E-state index in [2.05, 4.69) is 4.72 Å². The molecule has 1 aliphatic rings. The van der Waals surface area contributed by atoms with Crippen LogP contribution in [0, 0.1) is 13.8 Å². The van der Waals surface area contributed by atoms with Gasteiger partial charge in [0.15, 0.2) is 0 Å². The molecule has 2 aromatic rings. The summed E-state index contributed by atoms with van der Waals surface area (Å²) in [6, 6.07) is 9.89. The summed E-state index contributed by atoms with van der Waals surface area (Å²) in [4.78, 5) is 13.6. The topological polar surface area (TPSA) is 66.5 Å². The van der Waals surface area contributed by atoms with E-state index < -0.39 is 10.0 Å². The fraction of sp³-hybridized carbons (Fsp3) is 0.278. The molecule has 1 N–H and O–H groups in total. The van der Waals surface area contributed by atoms with Crippen molar-refractivity contribution in [3.05, 3.63) is 52.5 Å². The van der Waals surface area contributed by atoms with Gasteiger partial charge in [0.05, 0.1) is 15.6 Å². The molecule has 25 heavy (non-hydrogen) atoms. The molecule has 0 unspecified atom stereocenters. The number of hydrogen-bond acceptors (Lipinski definition) is 3. The molecule has 0 radical (unpaired) electrons. The molecule has 1 aliphatic heterocycles. The van der Waals surface area contributed by atoms with Crippen LogP contribution in [0.25, 0.3) is 0 Å². The average Bonchev–Trinajstić information content (AvgIpc) is 2.97. The van der Waals surface area contributed by atoms with Crippen molar-refractivity contribution in [2.45, 2.75) is 31.6 Å². The maximum Gasteiger partial charge on any atom is 0.261 e. The van der Waals surface area contributed by atoms with Crippen molar-refractivity contribution < 1.29 is 13.2 Å². The first-order chi connectivity index (χ1) is 11.8. The number of nitrogens with zero attached hydrogens (tertiary/aromatic N) is 1. The first-order valence-corrected chi connectivity index (χ1v) is 9.84. The fourth-order valence-electron chi connectivity index (χ4n) is 2.96. The number of sulfonamides is 1. The van der Waals surface area contributed by atoms with Crippen LogP contribution in [0.2, 0.25) is 5.02 Å². The maximum atomic E-state index is 12.6. The molecule has 0 aromatic heterocycles. The van der Waals surface area contributed by atoms with Crippen LogP contribution in [0.15, 0.2) is 41.3 Å². The monoisotopic (exact) mass is 378 g/mol. The molecule has 1 fully saturated rings. The van der Waals surface area contributed by atoms with E-state index in [9.17, 15) is 13.2 Å². The molecule has 0 saturated carbocycles. The second-order valence-electron chi connectivity index (χ2n) is 6.19. The Bertz CT molecular complexity index is 901. The first kappa shape index (κ1) is 17.8. The summed E-state index contributed by atoms with van der Waals surface area (Å²) < 4.78 is 27.8. The van der Waals surface area contributed by atoms with Crippen LogP contribution in [-0.2, 0) is 14.8 Å². The highest BCUT2D eigenvalue weighted by molar-refractivity contribution is 7.92. The molecule has 3 rings (SSSR count).